The Bertz CT molecular complexity index is 387. The van der Waals surface area contributed by atoms with Gasteiger partial charge in [0.15, 0.2) is 5.06 Å². The van der Waals surface area contributed by atoms with Crippen LogP contribution in [0.5, 0.6) is 5.06 Å². The maximum Gasteiger partial charge on any atom is 0.547 e. The second-order valence-electron chi connectivity index (χ2n) is 4.27. The van der Waals surface area contributed by atoms with E-state index in [0.29, 0.717) is 19.8 Å². The summed E-state index contributed by atoms with van der Waals surface area (Å²) in [6.45, 7) is 4.91. The van der Waals surface area contributed by atoms with Gasteiger partial charge < -0.3 is 18.0 Å². The first-order chi connectivity index (χ1) is 8.82. The molecule has 0 N–H and O–H groups in total. The smallest absolute Gasteiger partial charge is 0.487 e. The number of nitrogens with zero attached hydrogens (tertiary/aromatic N) is 1. The molecule has 100 valence electrons. The van der Waals surface area contributed by atoms with Crippen molar-refractivity contribution in [2.45, 2.75) is 0 Å². The van der Waals surface area contributed by atoms with Crippen LogP contribution in [0.3, 0.4) is 0 Å². The molecule has 0 unspecified atom stereocenters. The zero-order valence-electron chi connectivity index (χ0n) is 10.4. The van der Waals surface area contributed by atoms with Crippen LogP contribution in [0.1, 0.15) is 0 Å². The molecule has 3 fully saturated rings. The largest absolute Gasteiger partial charge is 0.547 e. The average Bonchev–Trinajstić information content (AvgIpc) is 2.76. The standard InChI is InChI=1S/C11H17NO4SSi/c1-13-10-2-3-11(17-10)18-14-7-4-12(5-8-15-18)6-9-16-18/h2-3H,4-9H2,1H3. The van der Waals surface area contributed by atoms with Gasteiger partial charge in [-0.1, -0.05) is 0 Å². The summed E-state index contributed by atoms with van der Waals surface area (Å²) in [6, 6.07) is 3.96. The summed E-state index contributed by atoms with van der Waals surface area (Å²) in [4.78, 5) is 2.31. The van der Waals surface area contributed by atoms with E-state index in [1.54, 1.807) is 18.4 Å². The lowest BCUT2D eigenvalue weighted by molar-refractivity contribution is 0.00188. The van der Waals surface area contributed by atoms with Crippen LogP contribution in [0.4, 0.5) is 0 Å². The van der Waals surface area contributed by atoms with Crippen molar-refractivity contribution in [3.8, 4) is 5.06 Å². The molecule has 1 aromatic rings. The molecule has 0 saturated carbocycles. The Morgan fingerprint density at radius 2 is 1.72 bits per heavy atom. The monoisotopic (exact) mass is 287 g/mol. The topological polar surface area (TPSA) is 40.2 Å². The summed E-state index contributed by atoms with van der Waals surface area (Å²) in [5.74, 6) is 0. The van der Waals surface area contributed by atoms with Crippen LogP contribution in [0.2, 0.25) is 0 Å². The van der Waals surface area contributed by atoms with Crippen LogP contribution < -0.4 is 9.24 Å². The molecule has 5 nitrogen and oxygen atoms in total. The van der Waals surface area contributed by atoms with Crippen molar-refractivity contribution in [1.29, 1.82) is 0 Å². The molecule has 3 aliphatic heterocycles. The summed E-state index contributed by atoms with van der Waals surface area (Å²) < 4.78 is 24.3. The first kappa shape index (κ1) is 12.6. The van der Waals surface area contributed by atoms with Gasteiger partial charge in [-0.25, -0.2) is 0 Å². The number of methoxy groups -OCH3 is 1. The van der Waals surface area contributed by atoms with Crippen molar-refractivity contribution in [3.63, 3.8) is 0 Å². The average molecular weight is 287 g/mol. The van der Waals surface area contributed by atoms with Gasteiger partial charge >= 0.3 is 8.80 Å². The van der Waals surface area contributed by atoms with Gasteiger partial charge in [-0.15, -0.1) is 11.3 Å². The number of fused-ring (bicyclic) bond motifs is 6. The third-order valence-electron chi connectivity index (χ3n) is 3.18. The minimum absolute atomic E-state index is 0.673. The van der Waals surface area contributed by atoms with E-state index in [2.05, 4.69) is 4.90 Å². The summed E-state index contributed by atoms with van der Waals surface area (Å²) >= 11 is 1.56. The fourth-order valence-electron chi connectivity index (χ4n) is 2.20. The van der Waals surface area contributed by atoms with Gasteiger partial charge in [0.05, 0.1) is 31.4 Å². The maximum absolute atomic E-state index is 5.99. The van der Waals surface area contributed by atoms with Crippen LogP contribution in [-0.2, 0) is 13.3 Å². The van der Waals surface area contributed by atoms with E-state index in [-0.39, 0.29) is 0 Å². The lowest BCUT2D eigenvalue weighted by Crippen LogP contribution is -2.61. The third kappa shape index (κ3) is 2.34. The Morgan fingerprint density at radius 3 is 2.22 bits per heavy atom. The molecular weight excluding hydrogens is 270 g/mol. The SMILES string of the molecule is COc1ccc([Si]23OCCN(CCO2)CCO3)s1. The summed E-state index contributed by atoms with van der Waals surface area (Å²) in [5.41, 5.74) is 0. The van der Waals surface area contributed by atoms with Crippen LogP contribution in [0.25, 0.3) is 0 Å². The van der Waals surface area contributed by atoms with Gasteiger partial charge in [-0.3, -0.25) is 4.90 Å². The second kappa shape index (κ2) is 5.28. The minimum Gasteiger partial charge on any atom is -0.487 e. The zero-order chi connectivity index (χ0) is 12.4. The lowest BCUT2D eigenvalue weighted by Gasteiger charge is -2.37. The molecule has 18 heavy (non-hydrogen) atoms. The number of hydrogen-bond acceptors (Lipinski definition) is 6. The predicted molar refractivity (Wildman–Crippen MR) is 70.6 cm³/mol. The van der Waals surface area contributed by atoms with Crippen molar-refractivity contribution in [1.82, 2.24) is 4.90 Å². The van der Waals surface area contributed by atoms with Crippen LogP contribution >= 0.6 is 11.3 Å². The van der Waals surface area contributed by atoms with E-state index in [9.17, 15) is 0 Å². The van der Waals surface area contributed by atoms with E-state index in [0.717, 1.165) is 29.2 Å². The third-order valence-corrected chi connectivity index (χ3v) is 7.62. The molecule has 0 aliphatic carbocycles. The van der Waals surface area contributed by atoms with Gasteiger partial charge in [-0.2, -0.15) is 0 Å². The van der Waals surface area contributed by atoms with E-state index in [1.807, 2.05) is 12.1 Å². The van der Waals surface area contributed by atoms with E-state index >= 15 is 0 Å². The van der Waals surface area contributed by atoms with Crippen molar-refractivity contribution in [2.75, 3.05) is 46.6 Å². The number of ether oxygens (including phenoxy) is 1. The highest BCUT2D eigenvalue weighted by Crippen LogP contribution is 2.24. The molecule has 0 amide bonds. The highest BCUT2D eigenvalue weighted by molar-refractivity contribution is 7.25. The molecule has 4 heterocycles. The second-order valence-corrected chi connectivity index (χ2v) is 8.19. The Hall–Kier alpha value is -0.443. The first-order valence-electron chi connectivity index (χ1n) is 6.11. The van der Waals surface area contributed by atoms with Gasteiger partial charge in [0, 0.05) is 19.6 Å². The lowest BCUT2D eigenvalue weighted by atomic mass is 10.4. The fourth-order valence-corrected chi connectivity index (χ4v) is 6.14. The maximum atomic E-state index is 5.99. The Labute approximate surface area is 112 Å². The van der Waals surface area contributed by atoms with Gasteiger partial charge in [-0.05, 0) is 12.1 Å². The fraction of sp³-hybridized carbons (Fsp3) is 0.636. The van der Waals surface area contributed by atoms with Crippen molar-refractivity contribution in [3.05, 3.63) is 12.1 Å². The van der Waals surface area contributed by atoms with Gasteiger partial charge in [0.25, 0.3) is 0 Å². The Kier molecular flexibility index (Phi) is 3.69. The number of thiophene rings is 1. The van der Waals surface area contributed by atoms with Crippen LogP contribution in [0.15, 0.2) is 12.1 Å². The minimum atomic E-state index is -2.69. The zero-order valence-corrected chi connectivity index (χ0v) is 12.2. The number of rotatable bonds is 2. The highest BCUT2D eigenvalue weighted by atomic mass is 32.1. The van der Waals surface area contributed by atoms with Gasteiger partial charge in [0.1, 0.15) is 0 Å². The highest BCUT2D eigenvalue weighted by Gasteiger charge is 2.47. The first-order valence-corrected chi connectivity index (χ1v) is 8.65. The quantitative estimate of drug-likeness (QED) is 0.731. The Morgan fingerprint density at radius 1 is 1.11 bits per heavy atom. The van der Waals surface area contributed by atoms with Crippen molar-refractivity contribution >= 4 is 24.6 Å². The Balaban J connectivity index is 1.89. The molecule has 0 spiro atoms. The molecule has 0 aromatic carbocycles. The van der Waals surface area contributed by atoms with Gasteiger partial charge in [0.2, 0.25) is 0 Å². The molecule has 4 rings (SSSR count). The predicted octanol–water partition coefficient (Wildman–Crippen LogP) is 0.282. The van der Waals surface area contributed by atoms with E-state index in [4.69, 9.17) is 18.0 Å². The molecule has 3 saturated heterocycles. The van der Waals surface area contributed by atoms with Crippen molar-refractivity contribution in [2.24, 2.45) is 0 Å². The summed E-state index contributed by atoms with van der Waals surface area (Å²) in [5, 5.41) is 0.869. The summed E-state index contributed by atoms with van der Waals surface area (Å²) in [7, 11) is -1.01. The van der Waals surface area contributed by atoms with Crippen molar-refractivity contribution < 1.29 is 18.0 Å². The molecule has 1 aromatic heterocycles. The summed E-state index contributed by atoms with van der Waals surface area (Å²) in [6.07, 6.45) is 0. The normalized spacial score (nSPS) is 32.6. The molecule has 3 aliphatic rings. The molecule has 7 heteroatoms. The van der Waals surface area contributed by atoms with E-state index in [1.165, 1.54) is 0 Å². The molecular formula is C11H17NO4SSi. The van der Waals surface area contributed by atoms with Crippen LogP contribution in [-0.4, -0.2) is 60.3 Å². The molecule has 0 radical (unpaired) electrons. The van der Waals surface area contributed by atoms with Crippen LogP contribution in [0, 0.1) is 0 Å². The molecule has 0 atom stereocenters. The number of hydrogen-bond donors (Lipinski definition) is 0. The molecule has 2 bridgehead atoms. The van der Waals surface area contributed by atoms with E-state index < -0.39 is 8.80 Å².